The summed E-state index contributed by atoms with van der Waals surface area (Å²) in [6.45, 7) is 4.12. The number of thioether (sulfide) groups is 1. The first-order chi connectivity index (χ1) is 7.49. The lowest BCUT2D eigenvalue weighted by atomic mass is 10.1. The summed E-state index contributed by atoms with van der Waals surface area (Å²) >= 11 is 4.89. The number of carbonyl (C=O) groups is 1. The summed E-state index contributed by atoms with van der Waals surface area (Å²) < 4.78 is 13.5. The summed E-state index contributed by atoms with van der Waals surface area (Å²) in [5.74, 6) is 0.396. The molecule has 1 nitrogen and oxygen atoms in total. The molecular weight excluding hydrogens is 291 g/mol. The predicted molar refractivity (Wildman–Crippen MR) is 70.4 cm³/mol. The Labute approximate surface area is 108 Å². The van der Waals surface area contributed by atoms with Crippen molar-refractivity contribution in [2.24, 2.45) is 0 Å². The number of hydrogen-bond donors (Lipinski definition) is 0. The van der Waals surface area contributed by atoms with Crippen molar-refractivity contribution >= 4 is 33.5 Å². The predicted octanol–water partition coefficient (Wildman–Crippen LogP) is 3.84. The third-order valence-corrected chi connectivity index (χ3v) is 3.87. The van der Waals surface area contributed by atoms with Gasteiger partial charge in [-0.05, 0) is 22.9 Å². The highest BCUT2D eigenvalue weighted by atomic mass is 79.9. The van der Waals surface area contributed by atoms with Gasteiger partial charge in [0.1, 0.15) is 11.6 Å². The van der Waals surface area contributed by atoms with Gasteiger partial charge in [-0.3, -0.25) is 4.79 Å². The van der Waals surface area contributed by atoms with Gasteiger partial charge in [0.15, 0.2) is 0 Å². The van der Waals surface area contributed by atoms with E-state index in [0.29, 0.717) is 21.9 Å². The number of hydrogen-bond acceptors (Lipinski definition) is 2. The molecule has 0 fully saturated rings. The summed E-state index contributed by atoms with van der Waals surface area (Å²) in [7, 11) is 0. The van der Waals surface area contributed by atoms with Crippen molar-refractivity contribution in [3.8, 4) is 0 Å². The van der Waals surface area contributed by atoms with E-state index in [9.17, 15) is 9.18 Å². The molecule has 16 heavy (non-hydrogen) atoms. The average Bonchev–Trinajstić information content (AvgIpc) is 2.19. The van der Waals surface area contributed by atoms with E-state index >= 15 is 0 Å². The molecule has 1 aromatic carbocycles. The third-order valence-electron chi connectivity index (χ3n) is 1.98. The zero-order valence-electron chi connectivity index (χ0n) is 9.30. The highest BCUT2D eigenvalue weighted by Crippen LogP contribution is 2.19. The number of carbonyl (C=O) groups excluding carboxylic acids is 1. The van der Waals surface area contributed by atoms with Gasteiger partial charge in [0.05, 0.1) is 5.75 Å². The first-order valence-corrected chi connectivity index (χ1v) is 6.90. The molecule has 0 atom stereocenters. The maximum absolute atomic E-state index is 12.8. The zero-order chi connectivity index (χ0) is 12.1. The van der Waals surface area contributed by atoms with Gasteiger partial charge in [-0.1, -0.05) is 35.8 Å². The second-order valence-electron chi connectivity index (χ2n) is 3.81. The fourth-order valence-electron chi connectivity index (χ4n) is 1.19. The summed E-state index contributed by atoms with van der Waals surface area (Å²) in [6.07, 6.45) is 0.362. The molecule has 0 aliphatic rings. The summed E-state index contributed by atoms with van der Waals surface area (Å²) in [5, 5.41) is 0.459. The molecule has 0 aliphatic carbocycles. The minimum atomic E-state index is -0.292. The lowest BCUT2D eigenvalue weighted by Gasteiger charge is -2.06. The highest BCUT2D eigenvalue weighted by Gasteiger charge is 2.08. The van der Waals surface area contributed by atoms with E-state index in [1.807, 2.05) is 0 Å². The average molecular weight is 305 g/mol. The molecule has 88 valence electrons. The molecule has 4 heteroatoms. The van der Waals surface area contributed by atoms with Gasteiger partial charge in [-0.25, -0.2) is 4.39 Å². The quantitative estimate of drug-likeness (QED) is 0.822. The number of rotatable bonds is 5. The van der Waals surface area contributed by atoms with Crippen LogP contribution < -0.4 is 0 Å². The third kappa shape index (κ3) is 4.66. The van der Waals surface area contributed by atoms with Crippen molar-refractivity contribution in [2.75, 3.05) is 5.75 Å². The smallest absolute Gasteiger partial charge is 0.147 e. The van der Waals surface area contributed by atoms with Crippen LogP contribution in [0.2, 0.25) is 0 Å². The van der Waals surface area contributed by atoms with Crippen LogP contribution in [0.1, 0.15) is 19.4 Å². The second kappa shape index (κ2) is 6.40. The molecule has 0 radical (unpaired) electrons. The Morgan fingerprint density at radius 3 is 2.75 bits per heavy atom. The van der Waals surface area contributed by atoms with Crippen molar-refractivity contribution in [1.82, 2.24) is 0 Å². The van der Waals surface area contributed by atoms with Gasteiger partial charge in [0.2, 0.25) is 0 Å². The van der Waals surface area contributed by atoms with Crippen LogP contribution in [0.4, 0.5) is 4.39 Å². The van der Waals surface area contributed by atoms with Crippen molar-refractivity contribution in [2.45, 2.75) is 25.5 Å². The molecule has 0 spiro atoms. The Kier molecular flexibility index (Phi) is 5.49. The van der Waals surface area contributed by atoms with E-state index in [0.717, 1.165) is 5.56 Å². The molecule has 1 rings (SSSR count). The van der Waals surface area contributed by atoms with Gasteiger partial charge in [0, 0.05) is 10.9 Å². The Bertz CT molecular complexity index is 379. The SMILES string of the molecule is CC(C)SCC(=O)Cc1ccc(F)cc1Br. The monoisotopic (exact) mass is 304 g/mol. The molecule has 1 aromatic rings. The van der Waals surface area contributed by atoms with E-state index < -0.39 is 0 Å². The normalized spacial score (nSPS) is 10.8. The van der Waals surface area contributed by atoms with Crippen LogP contribution in [-0.2, 0) is 11.2 Å². The minimum Gasteiger partial charge on any atom is -0.298 e. The molecule has 0 amide bonds. The molecular formula is C12H14BrFOS. The zero-order valence-corrected chi connectivity index (χ0v) is 11.7. The van der Waals surface area contributed by atoms with Crippen LogP contribution in [0, 0.1) is 5.82 Å². The molecule has 0 aliphatic heterocycles. The van der Waals surface area contributed by atoms with E-state index in [-0.39, 0.29) is 11.6 Å². The standard InChI is InChI=1S/C12H14BrFOS/c1-8(2)16-7-11(15)5-9-3-4-10(14)6-12(9)13/h3-4,6,8H,5,7H2,1-2H3. The van der Waals surface area contributed by atoms with Gasteiger partial charge < -0.3 is 0 Å². The summed E-state index contributed by atoms with van der Waals surface area (Å²) in [6, 6.07) is 4.42. The maximum Gasteiger partial charge on any atom is 0.147 e. The Morgan fingerprint density at radius 1 is 1.50 bits per heavy atom. The molecule has 0 saturated heterocycles. The van der Waals surface area contributed by atoms with E-state index in [4.69, 9.17) is 0 Å². The van der Waals surface area contributed by atoms with Crippen LogP contribution in [0.15, 0.2) is 22.7 Å². The van der Waals surface area contributed by atoms with Gasteiger partial charge >= 0.3 is 0 Å². The van der Waals surface area contributed by atoms with Crippen LogP contribution in [0.3, 0.4) is 0 Å². The Balaban J connectivity index is 2.56. The number of benzene rings is 1. The molecule has 0 bridgehead atoms. The molecule has 0 aromatic heterocycles. The van der Waals surface area contributed by atoms with Gasteiger partial charge in [-0.15, -0.1) is 0 Å². The number of halogens is 2. The first-order valence-electron chi connectivity index (χ1n) is 5.06. The van der Waals surface area contributed by atoms with Crippen molar-refractivity contribution in [3.63, 3.8) is 0 Å². The molecule has 0 unspecified atom stereocenters. The molecule has 0 heterocycles. The largest absolute Gasteiger partial charge is 0.298 e. The summed E-state index contributed by atoms with van der Waals surface area (Å²) in [5.41, 5.74) is 0.843. The fourth-order valence-corrected chi connectivity index (χ4v) is 2.30. The van der Waals surface area contributed by atoms with E-state index in [1.165, 1.54) is 12.1 Å². The van der Waals surface area contributed by atoms with Gasteiger partial charge in [0.25, 0.3) is 0 Å². The fraction of sp³-hybridized carbons (Fsp3) is 0.417. The lowest BCUT2D eigenvalue weighted by Crippen LogP contribution is -2.08. The van der Waals surface area contributed by atoms with E-state index in [1.54, 1.807) is 17.8 Å². The number of Topliss-reactive ketones (excluding diaryl/α,β-unsaturated/α-hetero) is 1. The topological polar surface area (TPSA) is 17.1 Å². The molecule has 0 saturated carbocycles. The second-order valence-corrected chi connectivity index (χ2v) is 6.23. The highest BCUT2D eigenvalue weighted by molar-refractivity contribution is 9.10. The Morgan fingerprint density at radius 2 is 2.19 bits per heavy atom. The maximum atomic E-state index is 12.8. The Hall–Kier alpha value is -0.350. The van der Waals surface area contributed by atoms with Crippen molar-refractivity contribution < 1.29 is 9.18 Å². The van der Waals surface area contributed by atoms with E-state index in [2.05, 4.69) is 29.8 Å². The minimum absolute atomic E-state index is 0.172. The van der Waals surface area contributed by atoms with Gasteiger partial charge in [-0.2, -0.15) is 11.8 Å². The summed E-state index contributed by atoms with van der Waals surface area (Å²) in [4.78, 5) is 11.6. The van der Waals surface area contributed by atoms with Crippen molar-refractivity contribution in [1.29, 1.82) is 0 Å². The van der Waals surface area contributed by atoms with Crippen LogP contribution >= 0.6 is 27.7 Å². The number of ketones is 1. The van der Waals surface area contributed by atoms with Crippen LogP contribution in [0.25, 0.3) is 0 Å². The first kappa shape index (κ1) is 13.7. The molecule has 0 N–H and O–H groups in total. The van der Waals surface area contributed by atoms with Crippen LogP contribution in [0.5, 0.6) is 0 Å². The van der Waals surface area contributed by atoms with Crippen molar-refractivity contribution in [3.05, 3.63) is 34.1 Å². The lowest BCUT2D eigenvalue weighted by molar-refractivity contribution is -0.116. The van der Waals surface area contributed by atoms with Crippen LogP contribution in [-0.4, -0.2) is 16.8 Å².